The van der Waals surface area contributed by atoms with Crippen molar-refractivity contribution in [3.8, 4) is 0 Å². The second kappa shape index (κ2) is 6.84. The largest absolute Gasteiger partial charge is 0.354 e. The number of nitrogens with two attached hydrogens (primary N) is 1. The van der Waals surface area contributed by atoms with E-state index in [-0.39, 0.29) is 0 Å². The fourth-order valence-corrected chi connectivity index (χ4v) is 2.30. The molecule has 0 amide bonds. The van der Waals surface area contributed by atoms with Crippen molar-refractivity contribution in [2.24, 2.45) is 5.73 Å². The minimum atomic E-state index is 0.511. The summed E-state index contributed by atoms with van der Waals surface area (Å²) >= 11 is 0. The summed E-state index contributed by atoms with van der Waals surface area (Å²) in [7, 11) is 4.25. The van der Waals surface area contributed by atoms with Gasteiger partial charge in [-0.3, -0.25) is 4.90 Å². The van der Waals surface area contributed by atoms with Crippen LogP contribution in [0, 0.1) is 0 Å². The van der Waals surface area contributed by atoms with Gasteiger partial charge in [-0.2, -0.15) is 0 Å². The molecule has 0 bridgehead atoms. The van der Waals surface area contributed by atoms with Crippen molar-refractivity contribution in [2.75, 3.05) is 58.3 Å². The average Bonchev–Trinajstić information content (AvgIpc) is 2.45. The summed E-state index contributed by atoms with van der Waals surface area (Å²) < 4.78 is 0. The lowest BCUT2D eigenvalue weighted by atomic mass is 10.3. The van der Waals surface area contributed by atoms with Crippen molar-refractivity contribution in [1.29, 1.82) is 0 Å². The summed E-state index contributed by atoms with van der Waals surface area (Å²) in [5, 5.41) is 0. The zero-order valence-corrected chi connectivity index (χ0v) is 12.0. The Kier molecular flexibility index (Phi) is 5.13. The zero-order chi connectivity index (χ0) is 13.7. The van der Waals surface area contributed by atoms with Gasteiger partial charge in [0.25, 0.3) is 0 Å². The van der Waals surface area contributed by atoms with Gasteiger partial charge in [-0.1, -0.05) is 6.07 Å². The van der Waals surface area contributed by atoms with E-state index in [1.165, 1.54) is 0 Å². The predicted octanol–water partition coefficient (Wildman–Crippen LogP) is 0.224. The van der Waals surface area contributed by atoms with Gasteiger partial charge < -0.3 is 15.5 Å². The highest BCUT2D eigenvalue weighted by atomic mass is 15.3. The van der Waals surface area contributed by atoms with E-state index in [1.807, 2.05) is 12.1 Å². The van der Waals surface area contributed by atoms with E-state index >= 15 is 0 Å². The monoisotopic (exact) mass is 263 g/mol. The molecule has 0 aromatic carbocycles. The van der Waals surface area contributed by atoms with Crippen LogP contribution in [0.15, 0.2) is 18.2 Å². The number of rotatable bonds is 5. The summed E-state index contributed by atoms with van der Waals surface area (Å²) in [6, 6.07) is 6.11. The molecular formula is C14H25N5. The van der Waals surface area contributed by atoms with E-state index in [2.05, 4.69) is 39.8 Å². The van der Waals surface area contributed by atoms with Gasteiger partial charge in [0.05, 0.1) is 5.69 Å². The number of pyridine rings is 1. The Labute approximate surface area is 116 Å². The van der Waals surface area contributed by atoms with Gasteiger partial charge >= 0.3 is 0 Å². The molecule has 0 saturated carbocycles. The Hall–Kier alpha value is -1.17. The lowest BCUT2D eigenvalue weighted by Gasteiger charge is -2.36. The van der Waals surface area contributed by atoms with Crippen molar-refractivity contribution in [3.05, 3.63) is 23.9 Å². The summed E-state index contributed by atoms with van der Waals surface area (Å²) in [4.78, 5) is 11.7. The predicted molar refractivity (Wildman–Crippen MR) is 79.3 cm³/mol. The first kappa shape index (κ1) is 14.2. The Morgan fingerprint density at radius 3 is 2.58 bits per heavy atom. The Balaban J connectivity index is 1.85. The van der Waals surface area contributed by atoms with E-state index in [1.54, 1.807) is 0 Å². The fourth-order valence-electron chi connectivity index (χ4n) is 2.30. The van der Waals surface area contributed by atoms with Crippen molar-refractivity contribution in [2.45, 2.75) is 6.54 Å². The Bertz CT molecular complexity index is 385. The molecule has 1 aromatic rings. The van der Waals surface area contributed by atoms with E-state index < -0.39 is 0 Å². The molecule has 0 aliphatic carbocycles. The second-order valence-electron chi connectivity index (χ2n) is 5.32. The van der Waals surface area contributed by atoms with Gasteiger partial charge in [0.15, 0.2) is 0 Å². The number of hydrogen-bond acceptors (Lipinski definition) is 5. The van der Waals surface area contributed by atoms with E-state index in [4.69, 9.17) is 5.73 Å². The van der Waals surface area contributed by atoms with E-state index in [0.717, 1.165) is 50.8 Å². The van der Waals surface area contributed by atoms with Gasteiger partial charge in [0.1, 0.15) is 5.82 Å². The molecule has 0 spiro atoms. The van der Waals surface area contributed by atoms with Crippen LogP contribution in [-0.2, 0) is 6.54 Å². The second-order valence-corrected chi connectivity index (χ2v) is 5.32. The van der Waals surface area contributed by atoms with Gasteiger partial charge in [-0.05, 0) is 26.2 Å². The standard InChI is InChI=1S/C14H25N5/c1-17(2)6-7-18-8-10-19(11-9-18)14-5-3-4-13(12-15)16-14/h3-5H,6-12,15H2,1-2H3. The normalized spacial score (nSPS) is 17.2. The van der Waals surface area contributed by atoms with Crippen molar-refractivity contribution >= 4 is 5.82 Å². The average molecular weight is 263 g/mol. The van der Waals surface area contributed by atoms with Crippen LogP contribution in [0.1, 0.15) is 5.69 Å². The van der Waals surface area contributed by atoms with Crippen LogP contribution in [0.2, 0.25) is 0 Å². The van der Waals surface area contributed by atoms with Crippen LogP contribution in [-0.4, -0.2) is 68.1 Å². The zero-order valence-electron chi connectivity index (χ0n) is 12.0. The minimum absolute atomic E-state index is 0.511. The first-order valence-corrected chi connectivity index (χ1v) is 6.97. The van der Waals surface area contributed by atoms with Crippen molar-refractivity contribution < 1.29 is 0 Å². The lowest BCUT2D eigenvalue weighted by Crippen LogP contribution is -2.48. The molecule has 1 fully saturated rings. The van der Waals surface area contributed by atoms with Crippen LogP contribution in [0.5, 0.6) is 0 Å². The number of likely N-dealkylation sites (N-methyl/N-ethyl adjacent to an activating group) is 1. The molecular weight excluding hydrogens is 238 g/mol. The van der Waals surface area contributed by atoms with E-state index in [9.17, 15) is 0 Å². The molecule has 0 atom stereocenters. The number of nitrogens with zero attached hydrogens (tertiary/aromatic N) is 4. The maximum atomic E-state index is 5.64. The third kappa shape index (κ3) is 4.16. The van der Waals surface area contributed by atoms with Crippen LogP contribution in [0.4, 0.5) is 5.82 Å². The molecule has 2 rings (SSSR count). The fraction of sp³-hybridized carbons (Fsp3) is 0.643. The van der Waals surface area contributed by atoms with Gasteiger partial charge in [-0.25, -0.2) is 4.98 Å². The number of piperazine rings is 1. The van der Waals surface area contributed by atoms with Crippen LogP contribution < -0.4 is 10.6 Å². The highest BCUT2D eigenvalue weighted by Gasteiger charge is 2.17. The molecule has 5 nitrogen and oxygen atoms in total. The molecule has 1 aliphatic heterocycles. The molecule has 0 unspecified atom stereocenters. The Morgan fingerprint density at radius 1 is 1.21 bits per heavy atom. The first-order chi connectivity index (χ1) is 9.19. The van der Waals surface area contributed by atoms with Crippen LogP contribution in [0.3, 0.4) is 0 Å². The third-order valence-corrected chi connectivity index (χ3v) is 3.56. The maximum absolute atomic E-state index is 5.64. The summed E-state index contributed by atoms with van der Waals surface area (Å²) in [5.41, 5.74) is 6.61. The number of hydrogen-bond donors (Lipinski definition) is 1. The minimum Gasteiger partial charge on any atom is -0.354 e. The molecule has 1 saturated heterocycles. The van der Waals surface area contributed by atoms with Gasteiger partial charge in [0.2, 0.25) is 0 Å². The van der Waals surface area contributed by atoms with Crippen LogP contribution >= 0.6 is 0 Å². The molecule has 106 valence electrons. The molecule has 1 aromatic heterocycles. The van der Waals surface area contributed by atoms with E-state index in [0.29, 0.717) is 6.54 Å². The quantitative estimate of drug-likeness (QED) is 0.824. The molecule has 5 heteroatoms. The molecule has 1 aliphatic rings. The van der Waals surface area contributed by atoms with Gasteiger partial charge in [-0.15, -0.1) is 0 Å². The summed E-state index contributed by atoms with van der Waals surface area (Å²) in [6.07, 6.45) is 0. The number of anilines is 1. The molecule has 2 N–H and O–H groups in total. The topological polar surface area (TPSA) is 48.6 Å². The maximum Gasteiger partial charge on any atom is 0.128 e. The molecule has 2 heterocycles. The van der Waals surface area contributed by atoms with Gasteiger partial charge in [0, 0.05) is 45.8 Å². The first-order valence-electron chi connectivity index (χ1n) is 6.97. The van der Waals surface area contributed by atoms with Crippen LogP contribution in [0.25, 0.3) is 0 Å². The summed E-state index contributed by atoms with van der Waals surface area (Å²) in [6.45, 7) is 7.11. The van der Waals surface area contributed by atoms with Crippen molar-refractivity contribution in [1.82, 2.24) is 14.8 Å². The molecule has 0 radical (unpaired) electrons. The van der Waals surface area contributed by atoms with Crippen molar-refractivity contribution in [3.63, 3.8) is 0 Å². The summed E-state index contributed by atoms with van der Waals surface area (Å²) in [5.74, 6) is 1.07. The lowest BCUT2D eigenvalue weighted by molar-refractivity contribution is 0.229. The SMILES string of the molecule is CN(C)CCN1CCN(c2cccc(CN)n2)CC1. The third-order valence-electron chi connectivity index (χ3n) is 3.56. The molecule has 19 heavy (non-hydrogen) atoms. The number of aromatic nitrogens is 1. The highest BCUT2D eigenvalue weighted by molar-refractivity contribution is 5.39. The highest BCUT2D eigenvalue weighted by Crippen LogP contribution is 2.14. The Morgan fingerprint density at radius 2 is 1.95 bits per heavy atom. The smallest absolute Gasteiger partial charge is 0.128 e.